The van der Waals surface area contributed by atoms with Gasteiger partial charge in [-0.2, -0.15) is 18.2 Å². The number of rotatable bonds is 5. The first-order valence-electron chi connectivity index (χ1n) is 7.96. The Bertz CT molecular complexity index is 563. The second-order valence-corrected chi connectivity index (χ2v) is 6.86. The van der Waals surface area contributed by atoms with Crippen molar-refractivity contribution in [3.63, 3.8) is 0 Å². The van der Waals surface area contributed by atoms with Crippen LogP contribution in [0.5, 0.6) is 0 Å². The predicted octanol–water partition coefficient (Wildman–Crippen LogP) is 2.26. The molecule has 6 nitrogen and oxygen atoms in total. The first-order chi connectivity index (χ1) is 11.0. The Kier molecular flexibility index (Phi) is 5.52. The fraction of sp³-hybridized carbons (Fsp3) is 0.800. The minimum Gasteiger partial charge on any atom is -0.344 e. The molecule has 1 fully saturated rings. The number of halogens is 3. The summed E-state index contributed by atoms with van der Waals surface area (Å²) in [5.74, 6) is 0.884. The number of piperidine rings is 1. The molecule has 1 aliphatic rings. The second-order valence-electron chi connectivity index (χ2n) is 6.86. The van der Waals surface area contributed by atoms with Crippen molar-refractivity contribution in [1.29, 1.82) is 0 Å². The minimum atomic E-state index is -4.15. The van der Waals surface area contributed by atoms with Crippen molar-refractivity contribution in [1.82, 2.24) is 20.4 Å². The molecule has 0 aromatic carbocycles. The summed E-state index contributed by atoms with van der Waals surface area (Å²) in [4.78, 5) is 17.0. The molecule has 1 aliphatic heterocycles. The molecule has 136 valence electrons. The molecule has 0 spiro atoms. The van der Waals surface area contributed by atoms with E-state index >= 15 is 0 Å². The monoisotopic (exact) mass is 348 g/mol. The molecule has 0 unspecified atom stereocenters. The van der Waals surface area contributed by atoms with Crippen molar-refractivity contribution in [2.75, 3.05) is 19.6 Å². The van der Waals surface area contributed by atoms with E-state index in [-0.39, 0.29) is 11.8 Å². The number of nitrogens with zero attached hydrogens (tertiary/aromatic N) is 3. The number of carbonyl (C=O) groups is 1. The van der Waals surface area contributed by atoms with Gasteiger partial charge in [0.25, 0.3) is 0 Å². The number of hydrogen-bond donors (Lipinski definition) is 1. The number of alkyl halides is 3. The third-order valence-electron chi connectivity index (χ3n) is 4.09. The fourth-order valence-corrected chi connectivity index (χ4v) is 2.94. The van der Waals surface area contributed by atoms with Crippen LogP contribution in [0.4, 0.5) is 13.2 Å². The molecule has 2 rings (SSSR count). The summed E-state index contributed by atoms with van der Waals surface area (Å²) in [6.07, 6.45) is -2.27. The third kappa shape index (κ3) is 5.47. The molecule has 1 aromatic heterocycles. The standard InChI is InChI=1S/C15H23F3N4O2/c1-10(23)20-14(2,3)13-19-12(24-21-13)8-11-4-6-22(7-5-11)9-15(16,17)18/h11H,4-9H2,1-3H3,(H,20,23). The van der Waals surface area contributed by atoms with Crippen molar-refractivity contribution in [2.45, 2.75) is 51.7 Å². The van der Waals surface area contributed by atoms with E-state index in [4.69, 9.17) is 4.52 Å². The predicted molar refractivity (Wildman–Crippen MR) is 80.1 cm³/mol. The van der Waals surface area contributed by atoms with E-state index in [1.54, 1.807) is 13.8 Å². The van der Waals surface area contributed by atoms with Crippen molar-refractivity contribution < 1.29 is 22.5 Å². The highest BCUT2D eigenvalue weighted by molar-refractivity contribution is 5.73. The topological polar surface area (TPSA) is 71.3 Å². The van der Waals surface area contributed by atoms with Crippen LogP contribution in [0.1, 0.15) is 45.3 Å². The summed E-state index contributed by atoms with van der Waals surface area (Å²) in [5.41, 5.74) is -0.732. The molecule has 0 saturated carbocycles. The van der Waals surface area contributed by atoms with Crippen molar-refractivity contribution in [3.05, 3.63) is 11.7 Å². The quantitative estimate of drug-likeness (QED) is 0.884. The summed E-state index contributed by atoms with van der Waals surface area (Å²) in [6.45, 7) is 4.95. The number of likely N-dealkylation sites (tertiary alicyclic amines) is 1. The van der Waals surface area contributed by atoms with E-state index in [0.29, 0.717) is 44.1 Å². The van der Waals surface area contributed by atoms with Crippen LogP contribution in [-0.4, -0.2) is 46.8 Å². The fourth-order valence-electron chi connectivity index (χ4n) is 2.94. The molecule has 2 heterocycles. The van der Waals surface area contributed by atoms with Crippen LogP contribution >= 0.6 is 0 Å². The summed E-state index contributed by atoms with van der Waals surface area (Å²) < 4.78 is 42.4. The molecule has 0 aliphatic carbocycles. The van der Waals surface area contributed by atoms with Gasteiger partial charge >= 0.3 is 6.18 Å². The molecule has 0 bridgehead atoms. The molecule has 24 heavy (non-hydrogen) atoms. The van der Waals surface area contributed by atoms with Gasteiger partial charge in [-0.1, -0.05) is 5.16 Å². The van der Waals surface area contributed by atoms with Crippen LogP contribution in [0.25, 0.3) is 0 Å². The zero-order chi connectivity index (χ0) is 18.0. The zero-order valence-corrected chi connectivity index (χ0v) is 14.1. The van der Waals surface area contributed by atoms with E-state index < -0.39 is 18.3 Å². The van der Waals surface area contributed by atoms with E-state index in [2.05, 4.69) is 15.5 Å². The highest BCUT2D eigenvalue weighted by atomic mass is 19.4. The Morgan fingerprint density at radius 3 is 2.50 bits per heavy atom. The lowest BCUT2D eigenvalue weighted by atomic mass is 9.93. The van der Waals surface area contributed by atoms with Gasteiger partial charge in [-0.25, -0.2) is 0 Å². The van der Waals surface area contributed by atoms with Gasteiger partial charge in [0.2, 0.25) is 11.8 Å². The van der Waals surface area contributed by atoms with Crippen LogP contribution in [-0.2, 0) is 16.8 Å². The summed E-state index contributed by atoms with van der Waals surface area (Å²) in [6, 6.07) is 0. The van der Waals surface area contributed by atoms with Gasteiger partial charge in [0.05, 0.1) is 12.1 Å². The molecule has 1 aromatic rings. The second kappa shape index (κ2) is 7.08. The number of hydrogen-bond acceptors (Lipinski definition) is 5. The van der Waals surface area contributed by atoms with E-state index in [9.17, 15) is 18.0 Å². The van der Waals surface area contributed by atoms with E-state index in [1.807, 2.05) is 0 Å². The Morgan fingerprint density at radius 2 is 1.96 bits per heavy atom. The molecule has 1 saturated heterocycles. The maximum absolute atomic E-state index is 12.4. The van der Waals surface area contributed by atoms with Gasteiger partial charge in [0, 0.05) is 13.3 Å². The number of nitrogens with one attached hydrogen (secondary N) is 1. The Hall–Kier alpha value is -1.64. The largest absolute Gasteiger partial charge is 0.401 e. The Labute approximate surface area is 138 Å². The van der Waals surface area contributed by atoms with Gasteiger partial charge < -0.3 is 9.84 Å². The van der Waals surface area contributed by atoms with Crippen molar-refractivity contribution in [3.8, 4) is 0 Å². The zero-order valence-electron chi connectivity index (χ0n) is 14.1. The molecule has 0 atom stereocenters. The number of amides is 1. The van der Waals surface area contributed by atoms with Gasteiger partial charge in [0.1, 0.15) is 0 Å². The van der Waals surface area contributed by atoms with Crippen molar-refractivity contribution >= 4 is 5.91 Å². The van der Waals surface area contributed by atoms with Gasteiger partial charge in [-0.15, -0.1) is 0 Å². The first kappa shape index (κ1) is 18.7. The lowest BCUT2D eigenvalue weighted by Crippen LogP contribution is -2.40. The third-order valence-corrected chi connectivity index (χ3v) is 4.09. The molecule has 1 amide bonds. The van der Waals surface area contributed by atoms with Crippen LogP contribution in [0, 0.1) is 5.92 Å². The van der Waals surface area contributed by atoms with Crippen LogP contribution in [0.3, 0.4) is 0 Å². The van der Waals surface area contributed by atoms with Crippen LogP contribution in [0.2, 0.25) is 0 Å². The summed E-state index contributed by atoms with van der Waals surface area (Å²) in [5, 5.41) is 6.65. The summed E-state index contributed by atoms with van der Waals surface area (Å²) in [7, 11) is 0. The molecule has 9 heteroatoms. The number of aromatic nitrogens is 2. The summed E-state index contributed by atoms with van der Waals surface area (Å²) >= 11 is 0. The van der Waals surface area contributed by atoms with Crippen molar-refractivity contribution in [2.24, 2.45) is 5.92 Å². The Morgan fingerprint density at radius 1 is 1.33 bits per heavy atom. The van der Waals surface area contributed by atoms with E-state index in [0.717, 1.165) is 0 Å². The van der Waals surface area contributed by atoms with E-state index in [1.165, 1.54) is 11.8 Å². The highest BCUT2D eigenvalue weighted by Crippen LogP contribution is 2.25. The molecular weight excluding hydrogens is 325 g/mol. The maximum Gasteiger partial charge on any atom is 0.401 e. The van der Waals surface area contributed by atoms with Crippen LogP contribution < -0.4 is 5.32 Å². The maximum atomic E-state index is 12.4. The first-order valence-corrected chi connectivity index (χ1v) is 7.96. The average Bonchev–Trinajstić information content (AvgIpc) is 2.87. The average molecular weight is 348 g/mol. The van der Waals surface area contributed by atoms with Gasteiger partial charge in [-0.05, 0) is 45.7 Å². The molecule has 0 radical (unpaired) electrons. The molecule has 1 N–H and O–H groups in total. The van der Waals surface area contributed by atoms with Gasteiger partial charge in [-0.3, -0.25) is 9.69 Å². The van der Waals surface area contributed by atoms with Crippen LogP contribution in [0.15, 0.2) is 4.52 Å². The lowest BCUT2D eigenvalue weighted by molar-refractivity contribution is -0.148. The highest BCUT2D eigenvalue weighted by Gasteiger charge is 2.33. The smallest absolute Gasteiger partial charge is 0.344 e. The normalized spacial score (nSPS) is 17.9. The minimum absolute atomic E-state index is 0.191. The number of carbonyl (C=O) groups excluding carboxylic acids is 1. The molecular formula is C15H23F3N4O2. The van der Waals surface area contributed by atoms with Gasteiger partial charge in [0.15, 0.2) is 5.82 Å². The Balaban J connectivity index is 1.87. The SMILES string of the molecule is CC(=O)NC(C)(C)c1noc(CC2CCN(CC(F)(F)F)CC2)n1. The lowest BCUT2D eigenvalue weighted by Gasteiger charge is -2.31.